The van der Waals surface area contributed by atoms with Crippen molar-refractivity contribution < 1.29 is 9.53 Å². The van der Waals surface area contributed by atoms with Crippen LogP contribution < -0.4 is 0 Å². The molecule has 0 bridgehead atoms. The Balaban J connectivity index is 2.04. The minimum Gasteiger partial charge on any atom is -0.463 e. The molecule has 0 unspecified atom stereocenters. The number of nitrogens with one attached hydrogen (secondary N) is 1. The Kier molecular flexibility index (Phi) is 3.74. The number of carbonyl (C=O) groups is 1. The highest BCUT2D eigenvalue weighted by Gasteiger charge is 2.13. The second-order valence-corrected chi connectivity index (χ2v) is 4.77. The maximum Gasteiger partial charge on any atom is 0.330 e. The summed E-state index contributed by atoms with van der Waals surface area (Å²) in [5, 5.41) is 8.30. The molecule has 3 aromatic heterocycles. The summed E-state index contributed by atoms with van der Waals surface area (Å²) in [5.74, 6) is 0.330. The topological polar surface area (TPSA) is 72.8 Å². The largest absolute Gasteiger partial charge is 0.463 e. The molecular weight excluding hydrogens is 280 g/mol. The SMILES string of the molecule is CCOC(=O)C=Cc1c(-n2ccc3cccnc32)n[nH]c1C. The van der Waals surface area contributed by atoms with Crippen LogP contribution >= 0.6 is 0 Å². The molecule has 0 aliphatic carbocycles. The van der Waals surface area contributed by atoms with Crippen molar-refractivity contribution in [1.29, 1.82) is 0 Å². The van der Waals surface area contributed by atoms with Gasteiger partial charge in [0.15, 0.2) is 5.82 Å². The lowest BCUT2D eigenvalue weighted by Gasteiger charge is -2.02. The lowest BCUT2D eigenvalue weighted by Crippen LogP contribution is -2.00. The number of aryl methyl sites for hydroxylation is 1. The van der Waals surface area contributed by atoms with E-state index in [0.717, 1.165) is 22.3 Å². The van der Waals surface area contributed by atoms with Gasteiger partial charge in [0.05, 0.1) is 6.61 Å². The number of pyridine rings is 1. The molecule has 0 amide bonds. The zero-order chi connectivity index (χ0) is 15.5. The number of rotatable bonds is 4. The Bertz CT molecular complexity index is 845. The van der Waals surface area contributed by atoms with Crippen LogP contribution in [0.15, 0.2) is 36.7 Å². The van der Waals surface area contributed by atoms with Crippen molar-refractivity contribution in [3.8, 4) is 5.82 Å². The van der Waals surface area contributed by atoms with E-state index in [-0.39, 0.29) is 5.97 Å². The van der Waals surface area contributed by atoms with E-state index in [1.54, 1.807) is 19.2 Å². The van der Waals surface area contributed by atoms with Crippen molar-refractivity contribution in [3.63, 3.8) is 0 Å². The molecule has 0 aliphatic rings. The first-order chi connectivity index (χ1) is 10.7. The van der Waals surface area contributed by atoms with E-state index in [1.165, 1.54) is 6.08 Å². The molecular formula is C16H16N4O2. The van der Waals surface area contributed by atoms with E-state index in [4.69, 9.17) is 4.74 Å². The number of ether oxygens (including phenoxy) is 1. The number of nitrogens with zero attached hydrogens (tertiary/aromatic N) is 3. The van der Waals surface area contributed by atoms with Crippen LogP contribution in [0.1, 0.15) is 18.2 Å². The Labute approximate surface area is 127 Å². The van der Waals surface area contributed by atoms with Crippen molar-refractivity contribution in [3.05, 3.63) is 47.9 Å². The molecule has 112 valence electrons. The molecule has 3 rings (SSSR count). The van der Waals surface area contributed by atoms with Gasteiger partial charge in [0.25, 0.3) is 0 Å². The summed E-state index contributed by atoms with van der Waals surface area (Å²) in [5.41, 5.74) is 2.52. The first-order valence-corrected chi connectivity index (χ1v) is 7.03. The molecule has 6 heteroatoms. The molecule has 1 N–H and O–H groups in total. The van der Waals surface area contributed by atoms with Gasteiger partial charge in [-0.05, 0) is 38.1 Å². The van der Waals surface area contributed by atoms with Crippen LogP contribution in [0.25, 0.3) is 22.9 Å². The van der Waals surface area contributed by atoms with E-state index >= 15 is 0 Å². The van der Waals surface area contributed by atoms with Gasteiger partial charge in [0, 0.05) is 35.1 Å². The summed E-state index contributed by atoms with van der Waals surface area (Å²) in [6.07, 6.45) is 6.77. The maximum atomic E-state index is 11.5. The zero-order valence-electron chi connectivity index (χ0n) is 12.4. The summed E-state index contributed by atoms with van der Waals surface area (Å²) in [6.45, 7) is 4.03. The molecule has 3 aromatic rings. The Morgan fingerprint density at radius 2 is 2.32 bits per heavy atom. The van der Waals surface area contributed by atoms with Crippen LogP contribution in [0.4, 0.5) is 0 Å². The normalized spacial score (nSPS) is 11.4. The standard InChI is InChI=1S/C16H16N4O2/c1-3-22-14(21)7-6-13-11(2)18-19-16(13)20-10-8-12-5-4-9-17-15(12)20/h4-10H,3H2,1-2H3,(H,18,19). The van der Waals surface area contributed by atoms with Gasteiger partial charge in [-0.3, -0.25) is 9.67 Å². The minimum atomic E-state index is -0.371. The van der Waals surface area contributed by atoms with E-state index in [0.29, 0.717) is 12.4 Å². The highest BCUT2D eigenvalue weighted by atomic mass is 16.5. The fraction of sp³-hybridized carbons (Fsp3) is 0.188. The van der Waals surface area contributed by atoms with Crippen LogP contribution in [0.3, 0.4) is 0 Å². The van der Waals surface area contributed by atoms with E-state index in [2.05, 4.69) is 15.2 Å². The first-order valence-electron chi connectivity index (χ1n) is 7.03. The summed E-state index contributed by atoms with van der Waals surface area (Å²) in [7, 11) is 0. The minimum absolute atomic E-state index is 0.354. The van der Waals surface area contributed by atoms with Gasteiger partial charge >= 0.3 is 5.97 Å². The zero-order valence-corrected chi connectivity index (χ0v) is 12.4. The lowest BCUT2D eigenvalue weighted by molar-refractivity contribution is -0.137. The number of H-pyrrole nitrogens is 1. The lowest BCUT2D eigenvalue weighted by atomic mass is 10.2. The smallest absolute Gasteiger partial charge is 0.330 e. The third-order valence-corrected chi connectivity index (χ3v) is 3.32. The van der Waals surface area contributed by atoms with Crippen molar-refractivity contribution in [2.45, 2.75) is 13.8 Å². The molecule has 3 heterocycles. The third-order valence-electron chi connectivity index (χ3n) is 3.32. The number of fused-ring (bicyclic) bond motifs is 1. The van der Waals surface area contributed by atoms with E-state index < -0.39 is 0 Å². The highest BCUT2D eigenvalue weighted by molar-refractivity contribution is 5.88. The van der Waals surface area contributed by atoms with Crippen LogP contribution in [0, 0.1) is 6.92 Å². The van der Waals surface area contributed by atoms with Gasteiger partial charge in [-0.2, -0.15) is 5.10 Å². The summed E-state index contributed by atoms with van der Waals surface area (Å²) < 4.78 is 6.80. The van der Waals surface area contributed by atoms with Gasteiger partial charge < -0.3 is 4.74 Å². The fourth-order valence-corrected chi connectivity index (χ4v) is 2.29. The molecule has 22 heavy (non-hydrogen) atoms. The van der Waals surface area contributed by atoms with Crippen molar-refractivity contribution in [2.75, 3.05) is 6.61 Å². The number of hydrogen-bond donors (Lipinski definition) is 1. The number of hydrogen-bond acceptors (Lipinski definition) is 4. The quantitative estimate of drug-likeness (QED) is 0.593. The molecule has 0 radical (unpaired) electrons. The molecule has 0 aromatic carbocycles. The van der Waals surface area contributed by atoms with Gasteiger partial charge in [0.2, 0.25) is 0 Å². The van der Waals surface area contributed by atoms with E-state index in [9.17, 15) is 4.79 Å². The summed E-state index contributed by atoms with van der Waals surface area (Å²) >= 11 is 0. The molecule has 0 atom stereocenters. The highest BCUT2D eigenvalue weighted by Crippen LogP contribution is 2.22. The van der Waals surface area contributed by atoms with Gasteiger partial charge in [-0.15, -0.1) is 0 Å². The number of esters is 1. The first kappa shape index (κ1) is 14.1. The van der Waals surface area contributed by atoms with Crippen molar-refractivity contribution in [2.24, 2.45) is 0 Å². The maximum absolute atomic E-state index is 11.5. The summed E-state index contributed by atoms with van der Waals surface area (Å²) in [4.78, 5) is 15.9. The summed E-state index contributed by atoms with van der Waals surface area (Å²) in [6, 6.07) is 5.86. The molecule has 0 spiro atoms. The van der Waals surface area contributed by atoms with Crippen molar-refractivity contribution in [1.82, 2.24) is 19.7 Å². The predicted molar refractivity (Wildman–Crippen MR) is 83.6 cm³/mol. The number of carbonyl (C=O) groups excluding carboxylic acids is 1. The van der Waals surface area contributed by atoms with Crippen LogP contribution in [0.2, 0.25) is 0 Å². The van der Waals surface area contributed by atoms with Crippen LogP contribution in [-0.2, 0) is 9.53 Å². The molecule has 0 aliphatic heterocycles. The van der Waals surface area contributed by atoms with Crippen LogP contribution in [0.5, 0.6) is 0 Å². The second kappa shape index (κ2) is 5.85. The Morgan fingerprint density at radius 1 is 1.45 bits per heavy atom. The molecule has 0 fully saturated rings. The van der Waals surface area contributed by atoms with E-state index in [1.807, 2.05) is 35.9 Å². The van der Waals surface area contributed by atoms with Gasteiger partial charge in [-0.25, -0.2) is 9.78 Å². The monoisotopic (exact) mass is 296 g/mol. The second-order valence-electron chi connectivity index (χ2n) is 4.77. The van der Waals surface area contributed by atoms with Gasteiger partial charge in [0.1, 0.15) is 5.65 Å². The van der Waals surface area contributed by atoms with Gasteiger partial charge in [-0.1, -0.05) is 0 Å². The third kappa shape index (κ3) is 2.50. The molecule has 0 saturated carbocycles. The molecule has 0 saturated heterocycles. The molecule has 6 nitrogen and oxygen atoms in total. The predicted octanol–water partition coefficient (Wildman–Crippen LogP) is 2.63. The average Bonchev–Trinajstić information content (AvgIpc) is 3.09. The Hall–Kier alpha value is -2.89. The number of aromatic nitrogens is 4. The van der Waals surface area contributed by atoms with Crippen LogP contribution in [-0.4, -0.2) is 32.3 Å². The fourth-order valence-electron chi connectivity index (χ4n) is 2.29. The number of aromatic amines is 1. The van der Waals surface area contributed by atoms with Crippen molar-refractivity contribution >= 4 is 23.1 Å². The average molecular weight is 296 g/mol. The Morgan fingerprint density at radius 3 is 3.14 bits per heavy atom.